The Morgan fingerprint density at radius 1 is 1.12 bits per heavy atom. The number of rotatable bonds is 7. The maximum Gasteiger partial charge on any atom is 0.265 e. The van der Waals surface area contributed by atoms with Gasteiger partial charge in [0.15, 0.2) is 0 Å². The lowest BCUT2D eigenvalue weighted by Gasteiger charge is -2.50. The Kier molecular flexibility index (Phi) is 7.36. The Labute approximate surface area is 247 Å². The van der Waals surface area contributed by atoms with E-state index in [9.17, 15) is 28.3 Å². The van der Waals surface area contributed by atoms with Crippen molar-refractivity contribution in [3.05, 3.63) is 46.2 Å². The quantitative estimate of drug-likeness (QED) is 0.501. The summed E-state index contributed by atoms with van der Waals surface area (Å²) in [5, 5.41) is 13.2. The molecule has 2 aliphatic heterocycles. The molecule has 4 aliphatic rings. The smallest absolute Gasteiger partial charge is 0.265 e. The van der Waals surface area contributed by atoms with Gasteiger partial charge in [0.05, 0.1) is 36.0 Å². The SMILES string of the molecule is CC1(C)C[C@@H]1C(=O)N1CC2(CN(C(=O)c3cncs3)C[C@H]2C(=O)NC(CO)c2cccc(C3CCC(F)(F)CC3)n2)C1. The van der Waals surface area contributed by atoms with Gasteiger partial charge in [-0.05, 0) is 36.8 Å². The van der Waals surface area contributed by atoms with Crippen molar-refractivity contribution in [1.29, 1.82) is 0 Å². The Hall–Kier alpha value is -2.99. The van der Waals surface area contributed by atoms with E-state index in [4.69, 9.17) is 0 Å². The molecule has 0 bridgehead atoms. The highest BCUT2D eigenvalue weighted by molar-refractivity contribution is 7.11. The van der Waals surface area contributed by atoms with E-state index in [1.807, 2.05) is 11.0 Å². The van der Waals surface area contributed by atoms with Gasteiger partial charge in [0.1, 0.15) is 4.88 Å². The number of likely N-dealkylation sites (tertiary alicyclic amines) is 2. The molecule has 9 nitrogen and oxygen atoms in total. The summed E-state index contributed by atoms with van der Waals surface area (Å²) in [5.74, 6) is -3.72. The zero-order valence-corrected chi connectivity index (χ0v) is 24.7. The third kappa shape index (κ3) is 5.43. The second kappa shape index (κ2) is 10.6. The molecule has 2 saturated carbocycles. The Balaban J connectivity index is 1.18. The number of hydrogen-bond acceptors (Lipinski definition) is 7. The molecule has 12 heteroatoms. The van der Waals surface area contributed by atoms with Crippen molar-refractivity contribution in [2.45, 2.75) is 63.8 Å². The maximum atomic E-state index is 13.9. The molecule has 3 amide bonds. The molecule has 4 heterocycles. The first-order valence-electron chi connectivity index (χ1n) is 14.6. The molecule has 2 N–H and O–H groups in total. The number of aliphatic hydroxyl groups is 1. The van der Waals surface area contributed by atoms with Gasteiger partial charge in [-0.2, -0.15) is 0 Å². The van der Waals surface area contributed by atoms with E-state index >= 15 is 0 Å². The van der Waals surface area contributed by atoms with Crippen molar-refractivity contribution in [1.82, 2.24) is 25.1 Å². The lowest BCUT2D eigenvalue weighted by Crippen LogP contribution is -2.64. The molecule has 226 valence electrons. The van der Waals surface area contributed by atoms with Crippen LogP contribution in [-0.2, 0) is 9.59 Å². The number of aromatic nitrogens is 2. The largest absolute Gasteiger partial charge is 0.394 e. The first kappa shape index (κ1) is 29.1. The highest BCUT2D eigenvalue weighted by Gasteiger charge is 2.62. The van der Waals surface area contributed by atoms with Gasteiger partial charge in [0.2, 0.25) is 17.7 Å². The fourth-order valence-corrected chi connectivity index (χ4v) is 7.56. The zero-order chi connectivity index (χ0) is 29.9. The molecular weight excluding hydrogens is 564 g/mol. The van der Waals surface area contributed by atoms with Crippen molar-refractivity contribution in [3.8, 4) is 0 Å². The summed E-state index contributed by atoms with van der Waals surface area (Å²) in [7, 11) is 0. The summed E-state index contributed by atoms with van der Waals surface area (Å²) < 4.78 is 27.4. The fourth-order valence-electron chi connectivity index (χ4n) is 6.97. The molecule has 2 aliphatic carbocycles. The van der Waals surface area contributed by atoms with Crippen molar-refractivity contribution in [3.63, 3.8) is 0 Å². The van der Waals surface area contributed by atoms with Crippen molar-refractivity contribution in [2.24, 2.45) is 22.7 Å². The van der Waals surface area contributed by atoms with Gasteiger partial charge in [-0.25, -0.2) is 8.78 Å². The van der Waals surface area contributed by atoms with Crippen LogP contribution in [0.3, 0.4) is 0 Å². The third-order valence-electron chi connectivity index (χ3n) is 9.81. The molecule has 0 radical (unpaired) electrons. The van der Waals surface area contributed by atoms with Crippen molar-refractivity contribution in [2.75, 3.05) is 32.8 Å². The minimum absolute atomic E-state index is 0.00512. The monoisotopic (exact) mass is 601 g/mol. The van der Waals surface area contributed by atoms with Crippen LogP contribution in [0.4, 0.5) is 8.78 Å². The van der Waals surface area contributed by atoms with Crippen LogP contribution in [0.2, 0.25) is 0 Å². The van der Waals surface area contributed by atoms with E-state index < -0.39 is 29.9 Å². The van der Waals surface area contributed by atoms with Crippen LogP contribution in [0.25, 0.3) is 0 Å². The first-order chi connectivity index (χ1) is 19.9. The van der Waals surface area contributed by atoms with Gasteiger partial charge in [-0.15, -0.1) is 11.3 Å². The van der Waals surface area contributed by atoms with Gasteiger partial charge in [-0.1, -0.05) is 19.9 Å². The fraction of sp³-hybridized carbons (Fsp3) is 0.633. The Morgan fingerprint density at radius 3 is 2.43 bits per heavy atom. The van der Waals surface area contributed by atoms with E-state index in [2.05, 4.69) is 29.1 Å². The minimum atomic E-state index is -2.64. The van der Waals surface area contributed by atoms with Crippen LogP contribution in [0.5, 0.6) is 0 Å². The minimum Gasteiger partial charge on any atom is -0.394 e. The normalized spacial score (nSPS) is 26.5. The number of thiazole rings is 1. The van der Waals surface area contributed by atoms with Crippen LogP contribution in [0, 0.1) is 22.7 Å². The molecule has 42 heavy (non-hydrogen) atoms. The van der Waals surface area contributed by atoms with Crippen LogP contribution in [0.15, 0.2) is 29.9 Å². The van der Waals surface area contributed by atoms with E-state index in [1.54, 1.807) is 22.5 Å². The van der Waals surface area contributed by atoms with Crippen molar-refractivity contribution < 1.29 is 28.3 Å². The van der Waals surface area contributed by atoms with Gasteiger partial charge in [0, 0.05) is 62.0 Å². The summed E-state index contributed by atoms with van der Waals surface area (Å²) in [6.07, 6.45) is 2.68. The number of aliphatic hydroxyl groups excluding tert-OH is 1. The number of alkyl halides is 2. The lowest BCUT2D eigenvalue weighted by molar-refractivity contribution is -0.151. The molecule has 2 aromatic rings. The summed E-state index contributed by atoms with van der Waals surface area (Å²) in [6.45, 7) is 5.10. The number of nitrogens with one attached hydrogen (secondary N) is 1. The average molecular weight is 602 g/mol. The van der Waals surface area contributed by atoms with Crippen LogP contribution < -0.4 is 5.32 Å². The molecule has 6 rings (SSSR count). The summed E-state index contributed by atoms with van der Waals surface area (Å²) in [6, 6.07) is 4.51. The van der Waals surface area contributed by atoms with Crippen LogP contribution >= 0.6 is 11.3 Å². The standard InChI is InChI=1S/C30H37F2N5O4S/c1-28(2)10-19(28)26(40)37-15-29(16-37)14-36(27(41)24-11-33-17-42-24)12-20(29)25(39)35-23(13-38)22-5-3-4-21(34-22)18-6-8-30(31,32)9-7-18/h3-5,11,17-20,23,38H,6-10,12-16H2,1-2H3,(H,35,39)/t19-,20+,23?/m1/s1. The second-order valence-corrected chi connectivity index (χ2v) is 14.2. The van der Waals surface area contributed by atoms with Gasteiger partial charge in [0.25, 0.3) is 5.91 Å². The van der Waals surface area contributed by atoms with E-state index in [1.165, 1.54) is 17.5 Å². The molecule has 3 atom stereocenters. The number of nitrogens with zero attached hydrogens (tertiary/aromatic N) is 4. The van der Waals surface area contributed by atoms with Gasteiger partial charge in [-0.3, -0.25) is 24.4 Å². The molecular formula is C30H37F2N5O4S. The van der Waals surface area contributed by atoms with Crippen LogP contribution in [0.1, 0.15) is 79.0 Å². The number of amides is 3. The number of pyridine rings is 1. The molecule has 1 unspecified atom stereocenters. The second-order valence-electron chi connectivity index (χ2n) is 13.3. The predicted molar refractivity (Wildman–Crippen MR) is 151 cm³/mol. The summed E-state index contributed by atoms with van der Waals surface area (Å²) >= 11 is 1.24. The number of hydrogen-bond donors (Lipinski definition) is 2. The van der Waals surface area contributed by atoms with Gasteiger partial charge >= 0.3 is 0 Å². The highest BCUT2D eigenvalue weighted by Crippen LogP contribution is 2.54. The summed E-state index contributed by atoms with van der Waals surface area (Å²) in [5.41, 5.74) is 2.16. The van der Waals surface area contributed by atoms with Gasteiger partial charge < -0.3 is 20.2 Å². The van der Waals surface area contributed by atoms with E-state index in [-0.39, 0.29) is 54.4 Å². The molecule has 2 saturated heterocycles. The summed E-state index contributed by atoms with van der Waals surface area (Å²) in [4.78, 5) is 52.8. The zero-order valence-electron chi connectivity index (χ0n) is 23.9. The first-order valence-corrected chi connectivity index (χ1v) is 15.5. The topological polar surface area (TPSA) is 116 Å². The van der Waals surface area contributed by atoms with E-state index in [0.717, 1.165) is 6.42 Å². The highest BCUT2D eigenvalue weighted by atomic mass is 32.1. The predicted octanol–water partition coefficient (Wildman–Crippen LogP) is 3.63. The Morgan fingerprint density at radius 2 is 1.81 bits per heavy atom. The number of carbonyl (C=O) groups excluding carboxylic acids is 3. The van der Waals surface area contributed by atoms with Crippen LogP contribution in [-0.4, -0.2) is 81.3 Å². The molecule has 4 fully saturated rings. The third-order valence-corrected chi connectivity index (χ3v) is 10.6. The molecule has 1 spiro atoms. The number of carbonyl (C=O) groups is 3. The average Bonchev–Trinajstić information content (AvgIpc) is 3.32. The Bertz CT molecular complexity index is 1350. The van der Waals surface area contributed by atoms with Crippen molar-refractivity contribution >= 4 is 29.1 Å². The molecule has 0 aromatic carbocycles. The lowest BCUT2D eigenvalue weighted by atomic mass is 9.70. The number of halogens is 2. The van der Waals surface area contributed by atoms with E-state index in [0.29, 0.717) is 48.7 Å². The maximum absolute atomic E-state index is 13.9. The molecule has 2 aromatic heterocycles.